The van der Waals surface area contributed by atoms with E-state index in [4.69, 9.17) is 4.74 Å². The second-order valence-corrected chi connectivity index (χ2v) is 6.81. The molecular formula is C24H18N4O4. The lowest BCUT2D eigenvalue weighted by Gasteiger charge is -2.14. The zero-order chi connectivity index (χ0) is 22.5. The number of rotatable bonds is 6. The highest BCUT2D eigenvalue weighted by Gasteiger charge is 2.20. The Balaban J connectivity index is 1.74. The molecule has 1 heterocycles. The van der Waals surface area contributed by atoms with Gasteiger partial charge in [-0.3, -0.25) is 14.9 Å². The third kappa shape index (κ3) is 4.15. The van der Waals surface area contributed by atoms with E-state index in [2.05, 4.69) is 15.5 Å². The van der Waals surface area contributed by atoms with Crippen LogP contribution < -0.4 is 10.2 Å². The molecule has 0 unspecified atom stereocenters. The molecule has 32 heavy (non-hydrogen) atoms. The molecule has 0 radical (unpaired) electrons. The van der Waals surface area contributed by atoms with E-state index >= 15 is 0 Å². The van der Waals surface area contributed by atoms with Gasteiger partial charge in [0.05, 0.1) is 18.2 Å². The number of ether oxygens (including phenoxy) is 1. The van der Waals surface area contributed by atoms with Crippen LogP contribution in [0.3, 0.4) is 0 Å². The molecule has 1 aromatic heterocycles. The smallest absolute Gasteiger partial charge is 0.290 e. The normalized spacial score (nSPS) is 10.9. The standard InChI is InChI=1S/C24H18N4O4/c1-32-24-20-13-6-5-12-19(20)21(17-9-3-2-4-10-17)22(26-24)23(29)27-25-15-16-8-7-11-18(14-16)28(30)31/h2-15H,1H3,(H,27,29)/b25-15+. The second-order valence-electron chi connectivity index (χ2n) is 6.81. The molecule has 0 saturated carbocycles. The number of fused-ring (bicyclic) bond motifs is 1. The van der Waals surface area contributed by atoms with E-state index in [1.165, 1.54) is 25.5 Å². The summed E-state index contributed by atoms with van der Waals surface area (Å²) >= 11 is 0. The summed E-state index contributed by atoms with van der Waals surface area (Å²) in [6, 6.07) is 23.0. The van der Waals surface area contributed by atoms with Gasteiger partial charge in [-0.2, -0.15) is 5.10 Å². The number of non-ortho nitro benzene ring substituents is 1. The lowest BCUT2D eigenvalue weighted by molar-refractivity contribution is -0.384. The highest BCUT2D eigenvalue weighted by molar-refractivity contribution is 6.09. The number of methoxy groups -OCH3 is 1. The molecule has 4 rings (SSSR count). The zero-order valence-corrected chi connectivity index (χ0v) is 17.1. The largest absolute Gasteiger partial charge is 0.481 e. The van der Waals surface area contributed by atoms with Crippen molar-refractivity contribution in [3.63, 3.8) is 0 Å². The van der Waals surface area contributed by atoms with Crippen LogP contribution >= 0.6 is 0 Å². The Kier molecular flexibility index (Phi) is 5.85. The number of benzene rings is 3. The van der Waals surface area contributed by atoms with E-state index in [0.717, 1.165) is 16.3 Å². The zero-order valence-electron chi connectivity index (χ0n) is 17.1. The third-order valence-corrected chi connectivity index (χ3v) is 4.81. The molecule has 0 saturated heterocycles. The number of nitro benzene ring substituents is 1. The van der Waals surface area contributed by atoms with Gasteiger partial charge in [0.25, 0.3) is 11.6 Å². The molecule has 8 nitrogen and oxygen atoms in total. The van der Waals surface area contributed by atoms with E-state index in [0.29, 0.717) is 17.0 Å². The molecule has 0 aliphatic rings. The molecule has 3 aromatic carbocycles. The first-order valence-corrected chi connectivity index (χ1v) is 9.68. The Hall–Kier alpha value is -4.59. The monoisotopic (exact) mass is 426 g/mol. The third-order valence-electron chi connectivity index (χ3n) is 4.81. The number of nitrogens with zero attached hydrogens (tertiary/aromatic N) is 3. The van der Waals surface area contributed by atoms with Gasteiger partial charge in [-0.05, 0) is 17.0 Å². The SMILES string of the molecule is COc1nc(C(=O)N/N=C/c2cccc([N+](=O)[O-])c2)c(-c2ccccc2)c2ccccc12. The van der Waals surface area contributed by atoms with Crippen LogP contribution in [0.1, 0.15) is 16.1 Å². The Bertz CT molecular complexity index is 1340. The van der Waals surface area contributed by atoms with Crippen molar-refractivity contribution in [2.24, 2.45) is 5.10 Å². The quantitative estimate of drug-likeness (QED) is 0.276. The molecule has 0 aliphatic heterocycles. The number of hydrogen-bond donors (Lipinski definition) is 1. The summed E-state index contributed by atoms with van der Waals surface area (Å²) in [5.74, 6) is -0.206. The molecule has 0 bridgehead atoms. The Morgan fingerprint density at radius 3 is 2.47 bits per heavy atom. The number of amides is 1. The van der Waals surface area contributed by atoms with E-state index in [-0.39, 0.29) is 11.4 Å². The molecule has 1 amide bonds. The summed E-state index contributed by atoms with van der Waals surface area (Å²) < 4.78 is 5.43. The molecule has 4 aromatic rings. The molecular weight excluding hydrogens is 408 g/mol. The maximum Gasteiger partial charge on any atom is 0.290 e. The first kappa shape index (κ1) is 20.7. The van der Waals surface area contributed by atoms with Crippen molar-refractivity contribution in [2.45, 2.75) is 0 Å². The molecule has 0 fully saturated rings. The van der Waals surface area contributed by atoms with Crippen LogP contribution in [0.15, 0.2) is 84.0 Å². The van der Waals surface area contributed by atoms with Crippen LogP contribution in [0.4, 0.5) is 5.69 Å². The van der Waals surface area contributed by atoms with Gasteiger partial charge in [0.2, 0.25) is 5.88 Å². The van der Waals surface area contributed by atoms with Crippen molar-refractivity contribution in [1.29, 1.82) is 0 Å². The molecule has 158 valence electrons. The van der Waals surface area contributed by atoms with Gasteiger partial charge >= 0.3 is 0 Å². The van der Waals surface area contributed by atoms with Crippen LogP contribution in [-0.2, 0) is 0 Å². The topological polar surface area (TPSA) is 107 Å². The summed E-state index contributed by atoms with van der Waals surface area (Å²) in [4.78, 5) is 28.0. The number of hydrogen-bond acceptors (Lipinski definition) is 6. The highest BCUT2D eigenvalue weighted by atomic mass is 16.6. The number of carbonyl (C=O) groups excluding carboxylic acids is 1. The van der Waals surface area contributed by atoms with E-state index in [9.17, 15) is 14.9 Å². The minimum atomic E-state index is -0.533. The first-order chi connectivity index (χ1) is 15.6. The van der Waals surface area contributed by atoms with Crippen LogP contribution in [0.25, 0.3) is 21.9 Å². The first-order valence-electron chi connectivity index (χ1n) is 9.68. The number of aromatic nitrogens is 1. The summed E-state index contributed by atoms with van der Waals surface area (Å²) in [5.41, 5.74) is 4.52. The van der Waals surface area contributed by atoms with Crippen molar-refractivity contribution in [3.8, 4) is 17.0 Å². The van der Waals surface area contributed by atoms with Gasteiger partial charge in [0, 0.05) is 28.6 Å². The average molecular weight is 426 g/mol. The van der Waals surface area contributed by atoms with E-state index < -0.39 is 10.8 Å². The van der Waals surface area contributed by atoms with Gasteiger partial charge in [0.15, 0.2) is 0 Å². The summed E-state index contributed by atoms with van der Waals surface area (Å²) in [6.07, 6.45) is 1.34. The predicted octanol–water partition coefficient (Wildman–Crippen LogP) is 4.58. The Labute approximate surface area is 183 Å². The van der Waals surface area contributed by atoms with Crippen molar-refractivity contribution in [2.75, 3.05) is 7.11 Å². The van der Waals surface area contributed by atoms with Gasteiger partial charge in [0.1, 0.15) is 5.69 Å². The van der Waals surface area contributed by atoms with E-state index in [1.54, 1.807) is 12.1 Å². The van der Waals surface area contributed by atoms with E-state index in [1.807, 2.05) is 54.6 Å². The summed E-state index contributed by atoms with van der Waals surface area (Å²) in [5, 5.41) is 16.5. The lowest BCUT2D eigenvalue weighted by Crippen LogP contribution is -2.20. The highest BCUT2D eigenvalue weighted by Crippen LogP contribution is 2.35. The second kappa shape index (κ2) is 9.05. The van der Waals surface area contributed by atoms with Crippen LogP contribution in [0.2, 0.25) is 0 Å². The molecule has 0 atom stereocenters. The summed E-state index contributed by atoms with van der Waals surface area (Å²) in [6.45, 7) is 0. The maximum absolute atomic E-state index is 13.1. The predicted molar refractivity (Wildman–Crippen MR) is 122 cm³/mol. The van der Waals surface area contributed by atoms with Crippen molar-refractivity contribution in [1.82, 2.24) is 10.4 Å². The number of nitro groups is 1. The lowest BCUT2D eigenvalue weighted by atomic mass is 9.97. The molecule has 0 spiro atoms. The molecule has 0 aliphatic carbocycles. The number of pyridine rings is 1. The Morgan fingerprint density at radius 2 is 1.75 bits per heavy atom. The van der Waals surface area contributed by atoms with Crippen LogP contribution in [0.5, 0.6) is 5.88 Å². The summed E-state index contributed by atoms with van der Waals surface area (Å²) in [7, 11) is 1.50. The molecule has 8 heteroatoms. The van der Waals surface area contributed by atoms with Gasteiger partial charge in [-0.15, -0.1) is 0 Å². The van der Waals surface area contributed by atoms with Crippen molar-refractivity contribution >= 4 is 28.6 Å². The number of nitrogens with one attached hydrogen (secondary N) is 1. The average Bonchev–Trinajstić information content (AvgIpc) is 2.83. The molecule has 1 N–H and O–H groups in total. The van der Waals surface area contributed by atoms with Gasteiger partial charge in [-0.25, -0.2) is 10.4 Å². The Morgan fingerprint density at radius 1 is 1.03 bits per heavy atom. The fraction of sp³-hybridized carbons (Fsp3) is 0.0417. The van der Waals surface area contributed by atoms with Crippen LogP contribution in [0, 0.1) is 10.1 Å². The fourth-order valence-corrected chi connectivity index (χ4v) is 3.39. The number of hydrazone groups is 1. The maximum atomic E-state index is 13.1. The fourth-order valence-electron chi connectivity index (χ4n) is 3.39. The van der Waals surface area contributed by atoms with Crippen molar-refractivity contribution < 1.29 is 14.5 Å². The minimum Gasteiger partial charge on any atom is -0.481 e. The van der Waals surface area contributed by atoms with Gasteiger partial charge < -0.3 is 4.74 Å². The van der Waals surface area contributed by atoms with Gasteiger partial charge in [-0.1, -0.05) is 60.7 Å². The number of carbonyl (C=O) groups is 1. The van der Waals surface area contributed by atoms with Crippen molar-refractivity contribution in [3.05, 3.63) is 100 Å². The van der Waals surface area contributed by atoms with Crippen LogP contribution in [-0.4, -0.2) is 29.1 Å². The minimum absolute atomic E-state index is 0.0624.